The molecule has 2 rings (SSSR count). The SMILES string of the molecule is CCn1ccnc1CSc1nnnn1CCN. The first-order valence-electron chi connectivity index (χ1n) is 5.44. The number of tetrazole rings is 1. The normalized spacial score (nSPS) is 10.9. The van der Waals surface area contributed by atoms with Crippen LogP contribution in [-0.4, -0.2) is 36.3 Å². The standard InChI is InChI=1S/C9H15N7S/c1-2-15-6-4-11-8(15)7-17-9-12-13-14-16(9)5-3-10/h4,6H,2-3,5,7,10H2,1H3. The van der Waals surface area contributed by atoms with E-state index in [9.17, 15) is 0 Å². The Hall–Kier alpha value is -1.41. The van der Waals surface area contributed by atoms with E-state index >= 15 is 0 Å². The van der Waals surface area contributed by atoms with Crippen LogP contribution in [0.2, 0.25) is 0 Å². The molecule has 0 aliphatic rings. The Morgan fingerprint density at radius 2 is 2.35 bits per heavy atom. The number of nitrogens with zero attached hydrogens (tertiary/aromatic N) is 6. The number of imidazole rings is 1. The van der Waals surface area contributed by atoms with E-state index in [0.29, 0.717) is 13.1 Å². The highest BCUT2D eigenvalue weighted by Crippen LogP contribution is 2.18. The second kappa shape index (κ2) is 5.78. The lowest BCUT2D eigenvalue weighted by Crippen LogP contribution is -2.12. The van der Waals surface area contributed by atoms with E-state index in [0.717, 1.165) is 23.3 Å². The minimum Gasteiger partial charge on any atom is -0.335 e. The summed E-state index contributed by atoms with van der Waals surface area (Å²) in [6.07, 6.45) is 3.78. The Bertz CT molecular complexity index is 463. The molecule has 0 unspecified atom stereocenters. The van der Waals surface area contributed by atoms with Gasteiger partial charge in [0.25, 0.3) is 0 Å². The summed E-state index contributed by atoms with van der Waals surface area (Å²) in [6, 6.07) is 0. The smallest absolute Gasteiger partial charge is 0.209 e. The van der Waals surface area contributed by atoms with E-state index < -0.39 is 0 Å². The number of aromatic nitrogens is 6. The van der Waals surface area contributed by atoms with Gasteiger partial charge >= 0.3 is 0 Å². The van der Waals surface area contributed by atoms with Crippen molar-refractivity contribution >= 4 is 11.8 Å². The van der Waals surface area contributed by atoms with Gasteiger partial charge in [0.1, 0.15) is 5.82 Å². The zero-order valence-corrected chi connectivity index (χ0v) is 10.5. The summed E-state index contributed by atoms with van der Waals surface area (Å²) in [7, 11) is 0. The monoisotopic (exact) mass is 253 g/mol. The van der Waals surface area contributed by atoms with Crippen molar-refractivity contribution in [3.8, 4) is 0 Å². The van der Waals surface area contributed by atoms with Crippen molar-refractivity contribution in [3.63, 3.8) is 0 Å². The molecule has 17 heavy (non-hydrogen) atoms. The van der Waals surface area contributed by atoms with E-state index in [1.807, 2.05) is 12.4 Å². The van der Waals surface area contributed by atoms with Gasteiger partial charge in [0.15, 0.2) is 0 Å². The first kappa shape index (κ1) is 12.1. The van der Waals surface area contributed by atoms with Crippen molar-refractivity contribution in [1.29, 1.82) is 0 Å². The molecule has 92 valence electrons. The molecule has 0 spiro atoms. The molecule has 8 heteroatoms. The number of hydrogen-bond donors (Lipinski definition) is 1. The van der Waals surface area contributed by atoms with E-state index in [1.54, 1.807) is 16.4 Å². The Morgan fingerprint density at radius 3 is 3.12 bits per heavy atom. The van der Waals surface area contributed by atoms with E-state index in [1.165, 1.54) is 0 Å². The number of aryl methyl sites for hydroxylation is 1. The highest BCUT2D eigenvalue weighted by atomic mass is 32.2. The molecular formula is C9H15N7S. The average molecular weight is 253 g/mol. The molecule has 2 aromatic heterocycles. The van der Waals surface area contributed by atoms with Crippen LogP contribution in [0.4, 0.5) is 0 Å². The van der Waals surface area contributed by atoms with Crippen molar-refractivity contribution in [1.82, 2.24) is 29.8 Å². The van der Waals surface area contributed by atoms with Crippen LogP contribution in [0.25, 0.3) is 0 Å². The highest BCUT2D eigenvalue weighted by molar-refractivity contribution is 7.98. The Kier molecular flexibility index (Phi) is 4.10. The highest BCUT2D eigenvalue weighted by Gasteiger charge is 2.08. The maximum absolute atomic E-state index is 5.48. The summed E-state index contributed by atoms with van der Waals surface area (Å²) in [5.41, 5.74) is 5.48. The van der Waals surface area contributed by atoms with Crippen LogP contribution in [0.3, 0.4) is 0 Å². The van der Waals surface area contributed by atoms with Gasteiger partial charge in [0.05, 0.1) is 12.3 Å². The van der Waals surface area contributed by atoms with Gasteiger partial charge < -0.3 is 10.3 Å². The quantitative estimate of drug-likeness (QED) is 0.737. The third-order valence-corrected chi connectivity index (χ3v) is 3.27. The van der Waals surface area contributed by atoms with Gasteiger partial charge in [0, 0.05) is 25.5 Å². The molecule has 0 amide bonds. The van der Waals surface area contributed by atoms with Crippen LogP contribution in [0.1, 0.15) is 12.7 Å². The first-order chi connectivity index (χ1) is 8.35. The molecule has 0 fully saturated rings. The van der Waals surface area contributed by atoms with Gasteiger partial charge in [-0.3, -0.25) is 0 Å². The molecule has 0 aliphatic carbocycles. The molecule has 0 saturated carbocycles. The largest absolute Gasteiger partial charge is 0.335 e. The topological polar surface area (TPSA) is 87.4 Å². The summed E-state index contributed by atoms with van der Waals surface area (Å²) in [5.74, 6) is 1.78. The fourth-order valence-electron chi connectivity index (χ4n) is 1.46. The third kappa shape index (κ3) is 2.83. The van der Waals surface area contributed by atoms with Crippen LogP contribution in [0.15, 0.2) is 17.6 Å². The van der Waals surface area contributed by atoms with Gasteiger partial charge in [-0.05, 0) is 17.4 Å². The Morgan fingerprint density at radius 1 is 1.47 bits per heavy atom. The number of nitrogens with two attached hydrogens (primary N) is 1. The predicted octanol–water partition coefficient (Wildman–Crippen LogP) is 0.140. The van der Waals surface area contributed by atoms with Gasteiger partial charge in [0.2, 0.25) is 5.16 Å². The van der Waals surface area contributed by atoms with Crippen LogP contribution in [0, 0.1) is 0 Å². The van der Waals surface area contributed by atoms with E-state index in [-0.39, 0.29) is 0 Å². The molecular weight excluding hydrogens is 238 g/mol. The summed E-state index contributed by atoms with van der Waals surface area (Å²) in [5, 5.41) is 12.3. The summed E-state index contributed by atoms with van der Waals surface area (Å²) < 4.78 is 3.81. The minimum atomic E-state index is 0.530. The van der Waals surface area contributed by atoms with Crippen LogP contribution in [-0.2, 0) is 18.8 Å². The van der Waals surface area contributed by atoms with Crippen molar-refractivity contribution in [3.05, 3.63) is 18.2 Å². The molecule has 0 radical (unpaired) electrons. The molecule has 2 N–H and O–H groups in total. The summed E-state index contributed by atoms with van der Waals surface area (Å²) in [6.45, 7) is 4.18. The molecule has 2 aromatic rings. The van der Waals surface area contributed by atoms with Gasteiger partial charge in [-0.1, -0.05) is 11.8 Å². The zero-order chi connectivity index (χ0) is 12.1. The second-order valence-electron chi connectivity index (χ2n) is 3.39. The molecule has 0 atom stereocenters. The molecule has 7 nitrogen and oxygen atoms in total. The maximum Gasteiger partial charge on any atom is 0.209 e. The van der Waals surface area contributed by atoms with Crippen molar-refractivity contribution < 1.29 is 0 Å². The van der Waals surface area contributed by atoms with Crippen LogP contribution < -0.4 is 5.73 Å². The molecule has 0 bridgehead atoms. The number of rotatable bonds is 6. The van der Waals surface area contributed by atoms with Crippen molar-refractivity contribution in [2.75, 3.05) is 6.54 Å². The van der Waals surface area contributed by atoms with Crippen LogP contribution in [0.5, 0.6) is 0 Å². The fraction of sp³-hybridized carbons (Fsp3) is 0.556. The zero-order valence-electron chi connectivity index (χ0n) is 9.65. The van der Waals surface area contributed by atoms with Gasteiger partial charge in [-0.15, -0.1) is 5.10 Å². The molecule has 0 aliphatic heterocycles. The van der Waals surface area contributed by atoms with Crippen LogP contribution >= 0.6 is 11.8 Å². The maximum atomic E-state index is 5.48. The van der Waals surface area contributed by atoms with E-state index in [2.05, 4.69) is 32.0 Å². The van der Waals surface area contributed by atoms with Crippen molar-refractivity contribution in [2.45, 2.75) is 30.9 Å². The lowest BCUT2D eigenvalue weighted by molar-refractivity contribution is 0.556. The minimum absolute atomic E-state index is 0.530. The molecule has 0 aromatic carbocycles. The number of hydrogen-bond acceptors (Lipinski definition) is 6. The average Bonchev–Trinajstić information content (AvgIpc) is 2.95. The summed E-state index contributed by atoms with van der Waals surface area (Å²) in [4.78, 5) is 4.30. The van der Waals surface area contributed by atoms with Gasteiger partial charge in [-0.25, -0.2) is 9.67 Å². The summed E-state index contributed by atoms with van der Waals surface area (Å²) >= 11 is 1.57. The first-order valence-corrected chi connectivity index (χ1v) is 6.42. The van der Waals surface area contributed by atoms with Crippen molar-refractivity contribution in [2.24, 2.45) is 5.73 Å². The number of thioether (sulfide) groups is 1. The van der Waals surface area contributed by atoms with E-state index in [4.69, 9.17) is 5.73 Å². The Labute approximate surface area is 103 Å². The molecule has 0 saturated heterocycles. The Balaban J connectivity index is 1.99. The third-order valence-electron chi connectivity index (χ3n) is 2.31. The lowest BCUT2D eigenvalue weighted by Gasteiger charge is -2.04. The molecule has 2 heterocycles. The lowest BCUT2D eigenvalue weighted by atomic mass is 10.6. The second-order valence-corrected chi connectivity index (χ2v) is 4.33. The predicted molar refractivity (Wildman–Crippen MR) is 64.3 cm³/mol. The fourth-order valence-corrected chi connectivity index (χ4v) is 2.33. The van der Waals surface area contributed by atoms with Gasteiger partial charge in [-0.2, -0.15) is 0 Å².